The first-order valence-corrected chi connectivity index (χ1v) is 13.9. The average Bonchev–Trinajstić information content (AvgIpc) is 3.37. The number of hydrogen-bond acceptors (Lipinski definition) is 6. The predicted molar refractivity (Wildman–Crippen MR) is 141 cm³/mol. The third-order valence-electron chi connectivity index (χ3n) is 7.44. The lowest BCUT2D eigenvalue weighted by Crippen LogP contribution is -2.57. The molecule has 0 aromatic heterocycles. The molecular weight excluding hydrogens is 472 g/mol. The van der Waals surface area contributed by atoms with Gasteiger partial charge >= 0.3 is 5.97 Å². The van der Waals surface area contributed by atoms with Gasteiger partial charge in [-0.15, -0.1) is 11.8 Å². The minimum Gasteiger partial charge on any atom is -0.468 e. The highest BCUT2D eigenvalue weighted by Gasteiger charge is 2.68. The molecule has 6 nitrogen and oxygen atoms in total. The molecule has 36 heavy (non-hydrogen) atoms. The highest BCUT2D eigenvalue weighted by Crippen LogP contribution is 2.50. The number of hydrogen-bond donors (Lipinski definition) is 1. The summed E-state index contributed by atoms with van der Waals surface area (Å²) in [5.41, 5.74) is 0.479. The summed E-state index contributed by atoms with van der Waals surface area (Å²) in [6.07, 6.45) is 5.20. The lowest BCUT2D eigenvalue weighted by Gasteiger charge is -2.32. The predicted octanol–water partition coefficient (Wildman–Crippen LogP) is 4.78. The van der Waals surface area contributed by atoms with Crippen LogP contribution in [0.15, 0.2) is 59.5 Å². The number of thioether (sulfide) groups is 1. The van der Waals surface area contributed by atoms with Crippen LogP contribution in [0.1, 0.15) is 56.7 Å². The lowest BCUT2D eigenvalue weighted by molar-refractivity contribution is -0.154. The van der Waals surface area contributed by atoms with E-state index in [4.69, 9.17) is 4.74 Å². The van der Waals surface area contributed by atoms with Gasteiger partial charge in [0.25, 0.3) is 0 Å². The first kappa shape index (κ1) is 26.4. The highest BCUT2D eigenvalue weighted by atomic mass is 32.2. The number of imide groups is 1. The molecule has 0 bridgehead atoms. The van der Waals surface area contributed by atoms with Crippen molar-refractivity contribution in [1.29, 1.82) is 0 Å². The summed E-state index contributed by atoms with van der Waals surface area (Å²) in [6.45, 7) is 4.29. The van der Waals surface area contributed by atoms with Gasteiger partial charge in [0.15, 0.2) is 0 Å². The highest BCUT2D eigenvalue weighted by molar-refractivity contribution is 7.99. The quantitative estimate of drug-likeness (QED) is 0.204. The van der Waals surface area contributed by atoms with Crippen LogP contribution in [0.2, 0.25) is 0 Å². The zero-order valence-corrected chi connectivity index (χ0v) is 22.2. The number of nitrogens with one attached hydrogen (secondary N) is 1. The molecule has 3 unspecified atom stereocenters. The van der Waals surface area contributed by atoms with Crippen LogP contribution in [0.3, 0.4) is 0 Å². The van der Waals surface area contributed by atoms with Crippen molar-refractivity contribution in [2.45, 2.75) is 62.4 Å². The van der Waals surface area contributed by atoms with Crippen LogP contribution in [-0.2, 0) is 25.5 Å². The topological polar surface area (TPSA) is 75.7 Å². The Bertz CT molecular complexity index is 1070. The van der Waals surface area contributed by atoms with Crippen molar-refractivity contribution in [3.8, 4) is 0 Å². The standard InChI is InChI=1S/C29H36N2O4S/c1-4-6-7-11-18-36-22-16-14-21(15-17-22)25-23-24(27(33)31(5-2)26(23)32)29(30-25,28(34)35-3)19-20-12-9-8-10-13-20/h8-10,12-17,23-25,30H,4-7,11,18-19H2,1-3H3/t23?,24?,25?,29-/m1/s1. The summed E-state index contributed by atoms with van der Waals surface area (Å²) in [5, 5.41) is 3.46. The molecule has 0 spiro atoms. The van der Waals surface area contributed by atoms with E-state index in [1.165, 1.54) is 42.6 Å². The van der Waals surface area contributed by atoms with Crippen LogP contribution < -0.4 is 5.32 Å². The number of nitrogens with zero attached hydrogens (tertiary/aromatic N) is 1. The first-order chi connectivity index (χ1) is 17.5. The van der Waals surface area contributed by atoms with Gasteiger partial charge in [-0.3, -0.25) is 24.6 Å². The molecular formula is C29H36N2O4S. The molecule has 2 aliphatic heterocycles. The van der Waals surface area contributed by atoms with Crippen LogP contribution in [0.4, 0.5) is 0 Å². The maximum atomic E-state index is 13.5. The van der Waals surface area contributed by atoms with Crippen molar-refractivity contribution < 1.29 is 19.1 Å². The molecule has 0 radical (unpaired) electrons. The first-order valence-electron chi connectivity index (χ1n) is 12.9. The van der Waals surface area contributed by atoms with Crippen molar-refractivity contribution in [3.05, 3.63) is 65.7 Å². The van der Waals surface area contributed by atoms with Crippen molar-refractivity contribution in [2.75, 3.05) is 19.4 Å². The van der Waals surface area contributed by atoms with E-state index in [1.807, 2.05) is 54.2 Å². The molecule has 2 amide bonds. The summed E-state index contributed by atoms with van der Waals surface area (Å²) in [4.78, 5) is 42.9. The smallest absolute Gasteiger partial charge is 0.327 e. The minimum atomic E-state index is -1.32. The number of benzene rings is 2. The fourth-order valence-electron chi connectivity index (χ4n) is 5.67. The lowest BCUT2D eigenvalue weighted by atomic mass is 9.76. The van der Waals surface area contributed by atoms with Crippen molar-refractivity contribution in [1.82, 2.24) is 10.2 Å². The fourth-order valence-corrected chi connectivity index (χ4v) is 6.59. The Morgan fingerprint density at radius 1 is 1.00 bits per heavy atom. The van der Waals surface area contributed by atoms with E-state index in [-0.39, 0.29) is 24.8 Å². The van der Waals surface area contributed by atoms with Crippen LogP contribution in [0.5, 0.6) is 0 Å². The molecule has 2 aliphatic rings. The van der Waals surface area contributed by atoms with Crippen molar-refractivity contribution in [3.63, 3.8) is 0 Å². The molecule has 4 atom stereocenters. The summed E-state index contributed by atoms with van der Waals surface area (Å²) in [5.74, 6) is -1.45. The normalized spacial score (nSPS) is 25.3. The maximum absolute atomic E-state index is 13.5. The number of esters is 1. The largest absolute Gasteiger partial charge is 0.468 e. The summed E-state index contributed by atoms with van der Waals surface area (Å²) in [7, 11) is 1.34. The van der Waals surface area contributed by atoms with E-state index in [0.717, 1.165) is 16.9 Å². The Labute approximate surface area is 218 Å². The van der Waals surface area contributed by atoms with E-state index in [2.05, 4.69) is 24.4 Å². The van der Waals surface area contributed by atoms with Gasteiger partial charge in [-0.1, -0.05) is 68.7 Å². The van der Waals surface area contributed by atoms with E-state index in [1.54, 1.807) is 6.92 Å². The van der Waals surface area contributed by atoms with E-state index in [9.17, 15) is 14.4 Å². The molecule has 0 saturated carbocycles. The van der Waals surface area contributed by atoms with Crippen LogP contribution in [-0.4, -0.2) is 47.6 Å². The number of likely N-dealkylation sites (tertiary alicyclic amines) is 1. The Morgan fingerprint density at radius 2 is 1.72 bits per heavy atom. The van der Waals surface area contributed by atoms with Crippen LogP contribution in [0, 0.1) is 11.8 Å². The van der Waals surface area contributed by atoms with Gasteiger partial charge in [0.2, 0.25) is 11.8 Å². The molecule has 2 aromatic carbocycles. The van der Waals surface area contributed by atoms with E-state index < -0.39 is 29.4 Å². The monoisotopic (exact) mass is 508 g/mol. The number of ether oxygens (including phenoxy) is 1. The van der Waals surface area contributed by atoms with Crippen molar-refractivity contribution in [2.24, 2.45) is 11.8 Å². The van der Waals surface area contributed by atoms with Gasteiger partial charge in [0, 0.05) is 23.9 Å². The number of methoxy groups -OCH3 is 1. The fraction of sp³-hybridized carbons (Fsp3) is 0.483. The second-order valence-corrected chi connectivity index (χ2v) is 10.8. The van der Waals surface area contributed by atoms with Gasteiger partial charge in [0.05, 0.1) is 18.9 Å². The number of carbonyl (C=O) groups is 3. The Hall–Kier alpha value is -2.64. The Balaban J connectivity index is 1.65. The number of rotatable bonds is 11. The second-order valence-electron chi connectivity index (χ2n) is 9.65. The zero-order chi connectivity index (χ0) is 25.7. The molecule has 4 rings (SSSR count). The van der Waals surface area contributed by atoms with Crippen LogP contribution >= 0.6 is 11.8 Å². The van der Waals surface area contributed by atoms with Gasteiger partial charge in [-0.05, 0) is 42.4 Å². The summed E-state index contributed by atoms with van der Waals surface area (Å²) < 4.78 is 5.26. The molecule has 7 heteroatoms. The zero-order valence-electron chi connectivity index (χ0n) is 21.4. The molecule has 2 aromatic rings. The minimum absolute atomic E-state index is 0.224. The Kier molecular flexibility index (Phi) is 8.52. The molecule has 2 saturated heterocycles. The van der Waals surface area contributed by atoms with E-state index in [0.29, 0.717) is 0 Å². The van der Waals surface area contributed by atoms with Gasteiger partial charge in [-0.2, -0.15) is 0 Å². The van der Waals surface area contributed by atoms with Gasteiger partial charge < -0.3 is 4.74 Å². The molecule has 2 fully saturated rings. The molecule has 192 valence electrons. The molecule has 2 heterocycles. The number of unbranched alkanes of at least 4 members (excludes halogenated alkanes) is 3. The summed E-state index contributed by atoms with van der Waals surface area (Å²) >= 11 is 1.83. The Morgan fingerprint density at radius 3 is 2.36 bits per heavy atom. The molecule has 1 N–H and O–H groups in total. The maximum Gasteiger partial charge on any atom is 0.327 e. The third kappa shape index (κ3) is 4.96. The summed E-state index contributed by atoms with van der Waals surface area (Å²) in [6, 6.07) is 17.3. The molecule has 0 aliphatic carbocycles. The van der Waals surface area contributed by atoms with Crippen molar-refractivity contribution >= 4 is 29.5 Å². The van der Waals surface area contributed by atoms with Crippen LogP contribution in [0.25, 0.3) is 0 Å². The number of fused-ring (bicyclic) bond motifs is 1. The average molecular weight is 509 g/mol. The van der Waals surface area contributed by atoms with Gasteiger partial charge in [0.1, 0.15) is 5.54 Å². The third-order valence-corrected chi connectivity index (χ3v) is 8.54. The SMILES string of the molecule is CCCCCCSc1ccc(C2N[C@@](Cc3ccccc3)(C(=O)OC)C3C(=O)N(CC)C(=O)C23)cc1. The number of carbonyl (C=O) groups excluding carboxylic acids is 3. The second kappa shape index (κ2) is 11.6. The van der Waals surface area contributed by atoms with Gasteiger partial charge in [-0.25, -0.2) is 0 Å². The number of amides is 2. The van der Waals surface area contributed by atoms with E-state index >= 15 is 0 Å².